The Balaban J connectivity index is 1.98. The SMILES string of the molecule is N#Cc1ccccc1OCC(=O)Oc1ccc(Cl)cc1Br. The third-order valence-electron chi connectivity index (χ3n) is 2.47. The van der Waals surface area contributed by atoms with E-state index in [0.29, 0.717) is 26.6 Å². The molecule has 0 aliphatic heterocycles. The first-order valence-electron chi connectivity index (χ1n) is 5.88. The number of nitriles is 1. The minimum Gasteiger partial charge on any atom is -0.481 e. The molecular weight excluding hydrogens is 358 g/mol. The topological polar surface area (TPSA) is 59.3 Å². The minimum atomic E-state index is -0.578. The maximum absolute atomic E-state index is 11.7. The van der Waals surface area contributed by atoms with E-state index in [2.05, 4.69) is 15.9 Å². The molecule has 0 saturated carbocycles. The fourth-order valence-corrected chi connectivity index (χ4v) is 2.30. The Bertz CT molecular complexity index is 712. The monoisotopic (exact) mass is 365 g/mol. The van der Waals surface area contributed by atoms with E-state index in [-0.39, 0.29) is 6.61 Å². The first kappa shape index (κ1) is 15.4. The van der Waals surface area contributed by atoms with E-state index < -0.39 is 5.97 Å². The van der Waals surface area contributed by atoms with Crippen molar-refractivity contribution >= 4 is 33.5 Å². The second-order valence-corrected chi connectivity index (χ2v) is 5.24. The van der Waals surface area contributed by atoms with Crippen LogP contribution in [-0.2, 0) is 4.79 Å². The third-order valence-corrected chi connectivity index (χ3v) is 3.33. The van der Waals surface area contributed by atoms with Gasteiger partial charge >= 0.3 is 5.97 Å². The molecule has 0 bridgehead atoms. The summed E-state index contributed by atoms with van der Waals surface area (Å²) in [7, 11) is 0. The molecule has 106 valence electrons. The highest BCUT2D eigenvalue weighted by Gasteiger charge is 2.11. The molecule has 0 atom stereocenters. The van der Waals surface area contributed by atoms with Gasteiger partial charge in [-0.15, -0.1) is 0 Å². The Kier molecular flexibility index (Phi) is 5.20. The van der Waals surface area contributed by atoms with Gasteiger partial charge in [0.25, 0.3) is 0 Å². The summed E-state index contributed by atoms with van der Waals surface area (Å²) in [5.74, 6) is 0.111. The summed E-state index contributed by atoms with van der Waals surface area (Å²) in [6.45, 7) is -0.298. The summed E-state index contributed by atoms with van der Waals surface area (Å²) in [4.78, 5) is 11.7. The van der Waals surface area contributed by atoms with E-state index in [4.69, 9.17) is 26.3 Å². The molecule has 21 heavy (non-hydrogen) atoms. The molecule has 2 aromatic rings. The van der Waals surface area contributed by atoms with Gasteiger partial charge in [0.2, 0.25) is 0 Å². The van der Waals surface area contributed by atoms with Crippen LogP contribution in [0.15, 0.2) is 46.9 Å². The van der Waals surface area contributed by atoms with Gasteiger partial charge in [-0.3, -0.25) is 0 Å². The van der Waals surface area contributed by atoms with Crippen molar-refractivity contribution in [3.8, 4) is 17.6 Å². The van der Waals surface area contributed by atoms with E-state index in [1.807, 2.05) is 6.07 Å². The molecule has 0 aliphatic rings. The fraction of sp³-hybridized carbons (Fsp3) is 0.0667. The molecule has 0 heterocycles. The highest BCUT2D eigenvalue weighted by Crippen LogP contribution is 2.28. The summed E-state index contributed by atoms with van der Waals surface area (Å²) in [5.41, 5.74) is 0.359. The van der Waals surface area contributed by atoms with Crippen molar-refractivity contribution in [3.63, 3.8) is 0 Å². The van der Waals surface area contributed by atoms with Gasteiger partial charge < -0.3 is 9.47 Å². The summed E-state index contributed by atoms with van der Waals surface area (Å²) in [5, 5.41) is 9.44. The molecule has 0 aromatic heterocycles. The second-order valence-electron chi connectivity index (χ2n) is 3.95. The van der Waals surface area contributed by atoms with Crippen molar-refractivity contribution in [2.45, 2.75) is 0 Å². The molecular formula is C15H9BrClNO3. The summed E-state index contributed by atoms with van der Waals surface area (Å²) < 4.78 is 11.0. The van der Waals surface area contributed by atoms with Gasteiger partial charge in [-0.1, -0.05) is 23.7 Å². The first-order valence-corrected chi connectivity index (χ1v) is 7.05. The fourth-order valence-electron chi connectivity index (χ4n) is 1.53. The first-order chi connectivity index (χ1) is 10.1. The Hall–Kier alpha value is -2.03. The van der Waals surface area contributed by atoms with Gasteiger partial charge in [-0.05, 0) is 46.3 Å². The number of rotatable bonds is 4. The number of halogens is 2. The van der Waals surface area contributed by atoms with Crippen LogP contribution in [0.5, 0.6) is 11.5 Å². The largest absolute Gasteiger partial charge is 0.481 e. The molecule has 0 radical (unpaired) electrons. The molecule has 6 heteroatoms. The molecule has 0 fully saturated rings. The number of nitrogens with zero attached hydrogens (tertiary/aromatic N) is 1. The van der Waals surface area contributed by atoms with Crippen LogP contribution in [0.4, 0.5) is 0 Å². The molecule has 0 N–H and O–H groups in total. The minimum absolute atomic E-state index is 0.298. The Labute approximate surface area is 135 Å². The van der Waals surface area contributed by atoms with Crippen LogP contribution in [0.25, 0.3) is 0 Å². The normalized spacial score (nSPS) is 9.76. The number of ether oxygens (including phenoxy) is 2. The van der Waals surface area contributed by atoms with Gasteiger partial charge in [0.05, 0.1) is 10.0 Å². The summed E-state index contributed by atoms with van der Waals surface area (Å²) in [6.07, 6.45) is 0. The van der Waals surface area contributed by atoms with Crippen molar-refractivity contribution in [3.05, 3.63) is 57.5 Å². The molecule has 2 rings (SSSR count). The standard InChI is InChI=1S/C15H9BrClNO3/c16-12-7-11(17)5-6-14(12)21-15(19)9-20-13-4-2-1-3-10(13)8-18/h1-7H,9H2. The average Bonchev–Trinajstić information content (AvgIpc) is 2.48. The lowest BCUT2D eigenvalue weighted by Crippen LogP contribution is -2.18. The summed E-state index contributed by atoms with van der Waals surface area (Å²) in [6, 6.07) is 13.5. The predicted molar refractivity (Wildman–Crippen MR) is 81.4 cm³/mol. The van der Waals surface area contributed by atoms with Gasteiger partial charge in [-0.25, -0.2) is 4.79 Å². The van der Waals surface area contributed by atoms with Crippen LogP contribution < -0.4 is 9.47 Å². The predicted octanol–water partition coefficient (Wildman–Crippen LogP) is 3.96. The number of carbonyl (C=O) groups excluding carboxylic acids is 1. The summed E-state index contributed by atoms with van der Waals surface area (Å²) >= 11 is 9.05. The Morgan fingerprint density at radius 1 is 1.24 bits per heavy atom. The molecule has 0 spiro atoms. The lowest BCUT2D eigenvalue weighted by Gasteiger charge is -2.09. The van der Waals surface area contributed by atoms with Gasteiger partial charge in [0.15, 0.2) is 6.61 Å². The van der Waals surface area contributed by atoms with E-state index in [1.165, 1.54) is 0 Å². The smallest absolute Gasteiger partial charge is 0.349 e. The Morgan fingerprint density at radius 3 is 2.71 bits per heavy atom. The van der Waals surface area contributed by atoms with Crippen molar-refractivity contribution in [1.82, 2.24) is 0 Å². The molecule has 2 aromatic carbocycles. The zero-order valence-electron chi connectivity index (χ0n) is 10.7. The number of para-hydroxylation sites is 1. The maximum Gasteiger partial charge on any atom is 0.349 e. The zero-order chi connectivity index (χ0) is 15.2. The van der Waals surface area contributed by atoms with E-state index in [0.717, 1.165) is 0 Å². The van der Waals surface area contributed by atoms with Gasteiger partial charge in [0, 0.05) is 5.02 Å². The number of benzene rings is 2. The van der Waals surface area contributed by atoms with Gasteiger partial charge in [0.1, 0.15) is 17.6 Å². The quantitative estimate of drug-likeness (QED) is 0.607. The van der Waals surface area contributed by atoms with Crippen LogP contribution in [0.1, 0.15) is 5.56 Å². The van der Waals surface area contributed by atoms with Crippen LogP contribution in [0.3, 0.4) is 0 Å². The Morgan fingerprint density at radius 2 is 2.00 bits per heavy atom. The van der Waals surface area contributed by atoms with Crippen LogP contribution in [0, 0.1) is 11.3 Å². The highest BCUT2D eigenvalue weighted by molar-refractivity contribution is 9.10. The number of hydrogen-bond donors (Lipinski definition) is 0. The second kappa shape index (κ2) is 7.11. The molecule has 0 unspecified atom stereocenters. The van der Waals surface area contributed by atoms with Crippen molar-refractivity contribution in [2.24, 2.45) is 0 Å². The third kappa shape index (κ3) is 4.22. The molecule has 0 amide bonds. The number of esters is 1. The molecule has 0 saturated heterocycles. The highest BCUT2D eigenvalue weighted by atomic mass is 79.9. The van der Waals surface area contributed by atoms with Crippen molar-refractivity contribution < 1.29 is 14.3 Å². The molecule has 0 aliphatic carbocycles. The van der Waals surface area contributed by atoms with Crippen LogP contribution in [-0.4, -0.2) is 12.6 Å². The zero-order valence-corrected chi connectivity index (χ0v) is 13.0. The average molecular weight is 367 g/mol. The van der Waals surface area contributed by atoms with Crippen molar-refractivity contribution in [2.75, 3.05) is 6.61 Å². The lowest BCUT2D eigenvalue weighted by atomic mass is 10.2. The maximum atomic E-state index is 11.7. The number of carbonyl (C=O) groups is 1. The van der Waals surface area contributed by atoms with E-state index in [1.54, 1.807) is 42.5 Å². The van der Waals surface area contributed by atoms with Crippen LogP contribution >= 0.6 is 27.5 Å². The van der Waals surface area contributed by atoms with E-state index in [9.17, 15) is 4.79 Å². The molecule has 4 nitrogen and oxygen atoms in total. The van der Waals surface area contributed by atoms with E-state index >= 15 is 0 Å². The number of hydrogen-bond acceptors (Lipinski definition) is 4. The lowest BCUT2D eigenvalue weighted by molar-refractivity contribution is -0.136. The van der Waals surface area contributed by atoms with Crippen molar-refractivity contribution in [1.29, 1.82) is 5.26 Å². The van der Waals surface area contributed by atoms with Crippen LogP contribution in [0.2, 0.25) is 5.02 Å². The van der Waals surface area contributed by atoms with Gasteiger partial charge in [-0.2, -0.15) is 5.26 Å².